The molecule has 4 heteroatoms. The monoisotopic (exact) mass is 281 g/mol. The van der Waals surface area contributed by atoms with Gasteiger partial charge in [0.15, 0.2) is 5.16 Å². The molecule has 0 aliphatic heterocycles. The van der Waals surface area contributed by atoms with Crippen LogP contribution in [0.15, 0.2) is 17.6 Å². The molecule has 108 valence electrons. The molecule has 0 radical (unpaired) electrons. The van der Waals surface area contributed by atoms with E-state index in [2.05, 4.69) is 42.7 Å². The van der Waals surface area contributed by atoms with Crippen molar-refractivity contribution in [2.75, 3.05) is 6.54 Å². The maximum atomic E-state index is 4.47. The molecule has 3 atom stereocenters. The van der Waals surface area contributed by atoms with Crippen molar-refractivity contribution in [1.29, 1.82) is 0 Å². The summed E-state index contributed by atoms with van der Waals surface area (Å²) < 4.78 is 2.13. The first-order valence-corrected chi connectivity index (χ1v) is 8.37. The summed E-state index contributed by atoms with van der Waals surface area (Å²) in [6.07, 6.45) is 7.92. The Bertz CT molecular complexity index is 388. The molecule has 0 amide bonds. The lowest BCUT2D eigenvalue weighted by atomic mass is 9.79. The quantitative estimate of drug-likeness (QED) is 0.898. The first-order chi connectivity index (χ1) is 9.11. The Labute approximate surface area is 121 Å². The smallest absolute Gasteiger partial charge is 0.167 e. The summed E-state index contributed by atoms with van der Waals surface area (Å²) in [5, 5.41) is 5.47. The largest absolute Gasteiger partial charge is 0.329 e. The van der Waals surface area contributed by atoms with Gasteiger partial charge in [-0.1, -0.05) is 32.5 Å². The van der Waals surface area contributed by atoms with E-state index in [-0.39, 0.29) is 0 Å². The van der Waals surface area contributed by atoms with Crippen LogP contribution in [0.4, 0.5) is 0 Å². The predicted molar refractivity (Wildman–Crippen MR) is 82.5 cm³/mol. The molecule has 2 rings (SSSR count). The normalized spacial score (nSPS) is 27.9. The fourth-order valence-corrected chi connectivity index (χ4v) is 4.35. The number of aromatic nitrogens is 2. The Morgan fingerprint density at radius 3 is 2.84 bits per heavy atom. The number of nitrogens with one attached hydrogen (secondary N) is 1. The van der Waals surface area contributed by atoms with Crippen LogP contribution in [0.1, 0.15) is 40.0 Å². The van der Waals surface area contributed by atoms with E-state index in [0.717, 1.165) is 23.5 Å². The topological polar surface area (TPSA) is 29.9 Å². The Morgan fingerprint density at radius 1 is 1.47 bits per heavy atom. The number of thioether (sulfide) groups is 1. The average molecular weight is 281 g/mol. The summed E-state index contributed by atoms with van der Waals surface area (Å²) >= 11 is 1.96. The maximum absolute atomic E-state index is 4.47. The summed E-state index contributed by atoms with van der Waals surface area (Å²) in [6, 6.07) is 0.640. The number of imidazole rings is 1. The molecule has 0 saturated heterocycles. The third-order valence-electron chi connectivity index (χ3n) is 4.28. The molecule has 1 aromatic rings. The van der Waals surface area contributed by atoms with Gasteiger partial charge in [0.2, 0.25) is 0 Å². The van der Waals surface area contributed by atoms with E-state index in [0.29, 0.717) is 11.3 Å². The molecule has 19 heavy (non-hydrogen) atoms. The molecule has 0 spiro atoms. The molecule has 1 N–H and O–H groups in total. The van der Waals surface area contributed by atoms with Gasteiger partial charge in [-0.3, -0.25) is 0 Å². The van der Waals surface area contributed by atoms with E-state index < -0.39 is 0 Å². The predicted octanol–water partition coefficient (Wildman–Crippen LogP) is 3.32. The number of rotatable bonds is 5. The molecule has 1 heterocycles. The zero-order chi connectivity index (χ0) is 13.8. The highest BCUT2D eigenvalue weighted by Crippen LogP contribution is 2.38. The van der Waals surface area contributed by atoms with Gasteiger partial charge in [0, 0.05) is 30.7 Å². The zero-order valence-electron chi connectivity index (χ0n) is 12.6. The summed E-state index contributed by atoms with van der Waals surface area (Å²) in [6.45, 7) is 7.99. The number of nitrogens with zero attached hydrogens (tertiary/aromatic N) is 2. The Hall–Kier alpha value is -0.480. The van der Waals surface area contributed by atoms with Crippen LogP contribution in [-0.4, -0.2) is 27.4 Å². The molecule has 0 aromatic carbocycles. The van der Waals surface area contributed by atoms with Crippen molar-refractivity contribution >= 4 is 11.8 Å². The number of aryl methyl sites for hydroxylation is 1. The fraction of sp³-hybridized carbons (Fsp3) is 0.800. The van der Waals surface area contributed by atoms with Crippen LogP contribution in [-0.2, 0) is 7.05 Å². The maximum Gasteiger partial charge on any atom is 0.167 e. The van der Waals surface area contributed by atoms with Crippen molar-refractivity contribution in [2.45, 2.75) is 56.5 Å². The van der Waals surface area contributed by atoms with Crippen LogP contribution in [0.5, 0.6) is 0 Å². The highest BCUT2D eigenvalue weighted by molar-refractivity contribution is 7.99. The second-order valence-corrected chi connectivity index (χ2v) is 7.16. The van der Waals surface area contributed by atoms with Crippen LogP contribution < -0.4 is 5.32 Å². The first-order valence-electron chi connectivity index (χ1n) is 7.49. The summed E-state index contributed by atoms with van der Waals surface area (Å²) in [4.78, 5) is 4.47. The van der Waals surface area contributed by atoms with Crippen molar-refractivity contribution in [3.8, 4) is 0 Å². The van der Waals surface area contributed by atoms with Crippen molar-refractivity contribution in [3.63, 3.8) is 0 Å². The van der Waals surface area contributed by atoms with E-state index in [1.807, 2.05) is 24.2 Å². The summed E-state index contributed by atoms with van der Waals surface area (Å²) in [5.41, 5.74) is 0. The van der Waals surface area contributed by atoms with Gasteiger partial charge in [-0.2, -0.15) is 0 Å². The van der Waals surface area contributed by atoms with Crippen LogP contribution >= 0.6 is 11.8 Å². The number of hydrogen-bond donors (Lipinski definition) is 1. The van der Waals surface area contributed by atoms with Crippen molar-refractivity contribution in [1.82, 2.24) is 14.9 Å². The van der Waals surface area contributed by atoms with Crippen LogP contribution in [0.2, 0.25) is 0 Å². The Kier molecular flexibility index (Phi) is 5.34. The molecule has 0 bridgehead atoms. The molecule has 1 aliphatic rings. The van der Waals surface area contributed by atoms with Gasteiger partial charge in [0.1, 0.15) is 0 Å². The molecular formula is C15H27N3S. The van der Waals surface area contributed by atoms with Crippen LogP contribution in [0, 0.1) is 11.8 Å². The van der Waals surface area contributed by atoms with Crippen molar-refractivity contribution < 1.29 is 0 Å². The van der Waals surface area contributed by atoms with Gasteiger partial charge < -0.3 is 9.88 Å². The molecular weight excluding hydrogens is 254 g/mol. The minimum atomic E-state index is 0.640. The third kappa shape index (κ3) is 3.76. The van der Waals surface area contributed by atoms with Crippen molar-refractivity contribution in [3.05, 3.63) is 12.4 Å². The molecule has 3 unspecified atom stereocenters. The minimum absolute atomic E-state index is 0.640. The standard InChI is InChI=1S/C15H27N3S/c1-5-16-13-7-6-12(11(2)3)10-14(13)19-15-17-8-9-18(15)4/h8-9,11-14,16H,5-7,10H2,1-4H3. The molecule has 1 fully saturated rings. The SMILES string of the molecule is CCNC1CCC(C(C)C)CC1Sc1nccn1C. The Morgan fingerprint density at radius 2 is 2.26 bits per heavy atom. The molecule has 1 aliphatic carbocycles. The van der Waals surface area contributed by atoms with E-state index in [1.165, 1.54) is 19.3 Å². The molecule has 1 saturated carbocycles. The van der Waals surface area contributed by atoms with Gasteiger partial charge in [0.05, 0.1) is 0 Å². The second kappa shape index (κ2) is 6.80. The number of hydrogen-bond acceptors (Lipinski definition) is 3. The van der Waals surface area contributed by atoms with Gasteiger partial charge in [0.25, 0.3) is 0 Å². The lowest BCUT2D eigenvalue weighted by Gasteiger charge is -2.37. The van der Waals surface area contributed by atoms with Gasteiger partial charge in [-0.15, -0.1) is 0 Å². The molecule has 3 nitrogen and oxygen atoms in total. The van der Waals surface area contributed by atoms with Gasteiger partial charge in [-0.25, -0.2) is 4.98 Å². The summed E-state index contributed by atoms with van der Waals surface area (Å²) in [5.74, 6) is 1.67. The van der Waals surface area contributed by atoms with E-state index in [4.69, 9.17) is 0 Å². The highest BCUT2D eigenvalue weighted by Gasteiger charge is 2.32. The van der Waals surface area contributed by atoms with Crippen molar-refractivity contribution in [2.24, 2.45) is 18.9 Å². The Balaban J connectivity index is 2.05. The highest BCUT2D eigenvalue weighted by atomic mass is 32.2. The second-order valence-electron chi connectivity index (χ2n) is 5.96. The van der Waals surface area contributed by atoms with Gasteiger partial charge >= 0.3 is 0 Å². The lowest BCUT2D eigenvalue weighted by Crippen LogP contribution is -2.43. The minimum Gasteiger partial charge on any atom is -0.329 e. The third-order valence-corrected chi connectivity index (χ3v) is 5.70. The summed E-state index contributed by atoms with van der Waals surface area (Å²) in [7, 11) is 2.08. The first kappa shape index (κ1) is 14.9. The van der Waals surface area contributed by atoms with E-state index >= 15 is 0 Å². The average Bonchev–Trinajstić information content (AvgIpc) is 2.77. The fourth-order valence-electron chi connectivity index (χ4n) is 2.99. The zero-order valence-corrected chi connectivity index (χ0v) is 13.4. The van der Waals surface area contributed by atoms with E-state index in [1.54, 1.807) is 0 Å². The lowest BCUT2D eigenvalue weighted by molar-refractivity contribution is 0.247. The molecule has 1 aromatic heterocycles. The van der Waals surface area contributed by atoms with Crippen LogP contribution in [0.25, 0.3) is 0 Å². The van der Waals surface area contributed by atoms with Crippen LogP contribution in [0.3, 0.4) is 0 Å². The van der Waals surface area contributed by atoms with Gasteiger partial charge in [-0.05, 0) is 37.6 Å². The van der Waals surface area contributed by atoms with E-state index in [9.17, 15) is 0 Å².